The third-order valence-corrected chi connectivity index (χ3v) is 2.90. The van der Waals surface area contributed by atoms with Crippen LogP contribution in [0.25, 0.3) is 0 Å². The van der Waals surface area contributed by atoms with E-state index in [1.807, 2.05) is 0 Å². The van der Waals surface area contributed by atoms with Gasteiger partial charge in [-0.2, -0.15) is 0 Å². The van der Waals surface area contributed by atoms with Crippen molar-refractivity contribution in [3.63, 3.8) is 0 Å². The fourth-order valence-electron chi connectivity index (χ4n) is 1.87. The number of nitrogens with zero attached hydrogens (tertiary/aromatic N) is 1. The topological polar surface area (TPSA) is 96.1 Å². The Balaban J connectivity index is 1.79. The van der Waals surface area contributed by atoms with Crippen molar-refractivity contribution in [3.8, 4) is 0 Å². The summed E-state index contributed by atoms with van der Waals surface area (Å²) in [6, 6.07) is -0.293. The largest absolute Gasteiger partial charge is 0.469 e. The van der Waals surface area contributed by atoms with Gasteiger partial charge in [0.1, 0.15) is 0 Å². The Labute approximate surface area is 104 Å². The van der Waals surface area contributed by atoms with Gasteiger partial charge in [0.15, 0.2) is 0 Å². The Kier molecular flexibility index (Phi) is 3.93. The van der Waals surface area contributed by atoms with Crippen molar-refractivity contribution in [3.05, 3.63) is 17.7 Å². The first-order chi connectivity index (χ1) is 8.70. The molecule has 3 N–H and O–H groups in total. The van der Waals surface area contributed by atoms with Crippen LogP contribution in [-0.4, -0.2) is 41.5 Å². The van der Waals surface area contributed by atoms with Crippen molar-refractivity contribution in [2.75, 3.05) is 13.7 Å². The van der Waals surface area contributed by atoms with Crippen LogP contribution in [0.5, 0.6) is 0 Å². The van der Waals surface area contributed by atoms with E-state index < -0.39 is 0 Å². The summed E-state index contributed by atoms with van der Waals surface area (Å²) in [7, 11) is 1.33. The number of H-pyrrole nitrogens is 1. The molecule has 98 valence electrons. The number of ether oxygens (including phenoxy) is 1. The highest BCUT2D eigenvalue weighted by Crippen LogP contribution is 2.11. The van der Waals surface area contributed by atoms with Crippen LogP contribution in [-0.2, 0) is 27.3 Å². The maximum Gasteiger partial charge on any atom is 0.307 e. The van der Waals surface area contributed by atoms with Crippen molar-refractivity contribution in [2.24, 2.45) is 0 Å². The molecule has 0 saturated carbocycles. The number of aromatic amines is 1. The van der Waals surface area contributed by atoms with Gasteiger partial charge in [-0.25, -0.2) is 4.98 Å². The lowest BCUT2D eigenvalue weighted by Crippen LogP contribution is -2.48. The molecule has 2 rings (SSSR count). The molecule has 0 saturated heterocycles. The van der Waals surface area contributed by atoms with Gasteiger partial charge >= 0.3 is 5.97 Å². The normalized spacial score (nSPS) is 17.9. The number of esters is 1. The van der Waals surface area contributed by atoms with Crippen LogP contribution in [0.3, 0.4) is 0 Å². The number of carbonyl (C=O) groups excluding carboxylic acids is 2. The summed E-state index contributed by atoms with van der Waals surface area (Å²) < 4.78 is 4.49. The standard InChI is InChI=1S/C11H16N4O3/c1-18-10(16)2-3-12-11(17)8-4-7-9(5-13-8)15-6-14-7/h6,8,13H,2-5H2,1H3,(H,12,17)(H,14,15). The third kappa shape index (κ3) is 2.86. The van der Waals surface area contributed by atoms with Gasteiger partial charge in [-0.3, -0.25) is 14.9 Å². The van der Waals surface area contributed by atoms with E-state index in [-0.39, 0.29) is 30.9 Å². The Morgan fingerprint density at radius 1 is 1.61 bits per heavy atom. The highest BCUT2D eigenvalue weighted by Gasteiger charge is 2.25. The summed E-state index contributed by atoms with van der Waals surface area (Å²) in [5.74, 6) is -0.450. The summed E-state index contributed by atoms with van der Waals surface area (Å²) in [5, 5.41) is 5.81. The van der Waals surface area contributed by atoms with E-state index in [1.54, 1.807) is 6.33 Å². The van der Waals surface area contributed by atoms with Crippen molar-refractivity contribution in [1.29, 1.82) is 0 Å². The van der Waals surface area contributed by atoms with Gasteiger partial charge in [0.05, 0.1) is 37.3 Å². The molecule has 0 radical (unpaired) electrons. The van der Waals surface area contributed by atoms with Gasteiger partial charge in [0.25, 0.3) is 0 Å². The molecule has 1 aromatic heterocycles. The second-order valence-corrected chi connectivity index (χ2v) is 4.08. The number of aromatic nitrogens is 2. The summed E-state index contributed by atoms with van der Waals surface area (Å²) >= 11 is 0. The maximum atomic E-state index is 11.8. The predicted octanol–water partition coefficient (Wildman–Crippen LogP) is -0.897. The van der Waals surface area contributed by atoms with E-state index in [2.05, 4.69) is 25.3 Å². The number of fused-ring (bicyclic) bond motifs is 1. The highest BCUT2D eigenvalue weighted by molar-refractivity contribution is 5.82. The van der Waals surface area contributed by atoms with E-state index in [0.29, 0.717) is 13.0 Å². The zero-order valence-corrected chi connectivity index (χ0v) is 10.2. The van der Waals surface area contributed by atoms with E-state index in [0.717, 1.165) is 11.4 Å². The molecule has 1 aliphatic heterocycles. The molecule has 1 unspecified atom stereocenters. The van der Waals surface area contributed by atoms with Crippen LogP contribution in [0.1, 0.15) is 17.8 Å². The minimum absolute atomic E-state index is 0.118. The number of hydrogen-bond acceptors (Lipinski definition) is 5. The highest BCUT2D eigenvalue weighted by atomic mass is 16.5. The first kappa shape index (κ1) is 12.6. The molecular weight excluding hydrogens is 236 g/mol. The number of imidazole rings is 1. The SMILES string of the molecule is COC(=O)CCNC(=O)C1Cc2nc[nH]c2CN1. The molecule has 1 amide bonds. The second kappa shape index (κ2) is 5.63. The van der Waals surface area contributed by atoms with E-state index in [1.165, 1.54) is 7.11 Å². The second-order valence-electron chi connectivity index (χ2n) is 4.08. The van der Waals surface area contributed by atoms with Crippen molar-refractivity contribution in [2.45, 2.75) is 25.4 Å². The molecule has 0 bridgehead atoms. The summed E-state index contributed by atoms with van der Waals surface area (Å²) in [4.78, 5) is 29.9. The number of methoxy groups -OCH3 is 1. The summed E-state index contributed by atoms with van der Waals surface area (Å²) in [6.45, 7) is 0.890. The predicted molar refractivity (Wildman–Crippen MR) is 62.6 cm³/mol. The fraction of sp³-hybridized carbons (Fsp3) is 0.545. The molecule has 7 nitrogen and oxygen atoms in total. The molecule has 2 heterocycles. The van der Waals surface area contributed by atoms with E-state index in [9.17, 15) is 9.59 Å². The Hall–Kier alpha value is -1.89. The average molecular weight is 252 g/mol. The Morgan fingerprint density at radius 3 is 3.22 bits per heavy atom. The molecule has 1 aliphatic rings. The monoisotopic (exact) mass is 252 g/mol. The molecule has 1 aromatic rings. The minimum atomic E-state index is -0.332. The van der Waals surface area contributed by atoms with E-state index in [4.69, 9.17) is 0 Å². The first-order valence-corrected chi connectivity index (χ1v) is 5.79. The van der Waals surface area contributed by atoms with E-state index >= 15 is 0 Å². The first-order valence-electron chi connectivity index (χ1n) is 5.79. The maximum absolute atomic E-state index is 11.8. The molecule has 0 fully saturated rings. The lowest BCUT2D eigenvalue weighted by atomic mass is 10.0. The Morgan fingerprint density at radius 2 is 2.44 bits per heavy atom. The molecule has 1 atom stereocenters. The lowest BCUT2D eigenvalue weighted by molar-refractivity contribution is -0.140. The van der Waals surface area contributed by atoms with Gasteiger partial charge in [0, 0.05) is 19.5 Å². The van der Waals surface area contributed by atoms with Crippen LogP contribution >= 0.6 is 0 Å². The number of amides is 1. The van der Waals surface area contributed by atoms with Crippen LogP contribution in [0.2, 0.25) is 0 Å². The van der Waals surface area contributed by atoms with Crippen LogP contribution in [0.4, 0.5) is 0 Å². The number of nitrogens with one attached hydrogen (secondary N) is 3. The fourth-order valence-corrected chi connectivity index (χ4v) is 1.87. The van der Waals surface area contributed by atoms with Gasteiger partial charge in [-0.05, 0) is 0 Å². The van der Waals surface area contributed by atoms with Crippen LogP contribution in [0, 0.1) is 0 Å². The van der Waals surface area contributed by atoms with Crippen molar-refractivity contribution in [1.82, 2.24) is 20.6 Å². The molecular formula is C11H16N4O3. The average Bonchev–Trinajstić information content (AvgIpc) is 2.85. The minimum Gasteiger partial charge on any atom is -0.469 e. The van der Waals surface area contributed by atoms with Crippen LogP contribution in [0.15, 0.2) is 6.33 Å². The number of rotatable bonds is 4. The van der Waals surface area contributed by atoms with Gasteiger partial charge in [-0.1, -0.05) is 0 Å². The van der Waals surface area contributed by atoms with Crippen molar-refractivity contribution >= 4 is 11.9 Å². The van der Waals surface area contributed by atoms with Gasteiger partial charge in [0.2, 0.25) is 5.91 Å². The smallest absolute Gasteiger partial charge is 0.307 e. The summed E-state index contributed by atoms with van der Waals surface area (Å²) in [5.41, 5.74) is 1.94. The third-order valence-electron chi connectivity index (χ3n) is 2.90. The zero-order chi connectivity index (χ0) is 13.0. The molecule has 0 aromatic carbocycles. The molecule has 0 spiro atoms. The number of hydrogen-bond donors (Lipinski definition) is 3. The summed E-state index contributed by atoms with van der Waals surface area (Å²) in [6.07, 6.45) is 2.37. The molecule has 7 heteroatoms. The number of carbonyl (C=O) groups is 2. The molecule has 0 aliphatic carbocycles. The zero-order valence-electron chi connectivity index (χ0n) is 10.2. The Bertz CT molecular complexity index is 443. The van der Waals surface area contributed by atoms with Crippen molar-refractivity contribution < 1.29 is 14.3 Å². The molecule has 18 heavy (non-hydrogen) atoms. The van der Waals surface area contributed by atoms with Crippen LogP contribution < -0.4 is 10.6 Å². The van der Waals surface area contributed by atoms with Gasteiger partial charge in [-0.15, -0.1) is 0 Å². The van der Waals surface area contributed by atoms with Gasteiger partial charge < -0.3 is 15.0 Å². The quantitative estimate of drug-likeness (QED) is 0.604. The lowest BCUT2D eigenvalue weighted by Gasteiger charge is -2.22.